The number of rotatable bonds is 5. The van der Waals surface area contributed by atoms with Gasteiger partial charge in [-0.05, 0) is 18.9 Å². The highest BCUT2D eigenvalue weighted by molar-refractivity contribution is 6.33. The summed E-state index contributed by atoms with van der Waals surface area (Å²) in [7, 11) is 1.90. The summed E-state index contributed by atoms with van der Waals surface area (Å²) in [4.78, 5) is 22.3. The maximum Gasteiger partial charge on any atom is 0.417 e. The Labute approximate surface area is 165 Å². The molecule has 2 aromatic heterocycles. The van der Waals surface area contributed by atoms with E-state index in [0.717, 1.165) is 18.1 Å². The van der Waals surface area contributed by atoms with Crippen molar-refractivity contribution in [3.05, 3.63) is 41.1 Å². The van der Waals surface area contributed by atoms with Crippen LogP contribution < -0.4 is 10.2 Å². The monoisotopic (exact) mass is 415 g/mol. The molecule has 0 atom stereocenters. The fraction of sp³-hybridized carbons (Fsp3) is 0.500. The predicted octanol–water partition coefficient (Wildman–Crippen LogP) is 3.06. The Morgan fingerprint density at radius 1 is 1.32 bits per heavy atom. The highest BCUT2D eigenvalue weighted by Crippen LogP contribution is 2.34. The highest BCUT2D eigenvalue weighted by atomic mass is 35.5. The number of carbonyl (C=O) groups is 1. The van der Waals surface area contributed by atoms with Gasteiger partial charge in [-0.1, -0.05) is 11.6 Å². The van der Waals surface area contributed by atoms with Crippen molar-refractivity contribution < 1.29 is 18.0 Å². The first-order valence-corrected chi connectivity index (χ1v) is 9.35. The first-order valence-electron chi connectivity index (χ1n) is 8.97. The summed E-state index contributed by atoms with van der Waals surface area (Å²) in [5, 5.41) is 2.90. The zero-order chi connectivity index (χ0) is 20.3. The molecule has 0 radical (unpaired) electrons. The minimum absolute atomic E-state index is 0.0136. The van der Waals surface area contributed by atoms with E-state index in [2.05, 4.69) is 15.3 Å². The molecule has 0 spiro atoms. The maximum absolute atomic E-state index is 12.7. The summed E-state index contributed by atoms with van der Waals surface area (Å²) in [5.74, 6) is 1.08. The number of nitrogens with zero attached hydrogens (tertiary/aromatic N) is 4. The lowest BCUT2D eigenvalue weighted by Crippen LogP contribution is -2.41. The molecule has 0 aliphatic carbocycles. The van der Waals surface area contributed by atoms with E-state index in [1.54, 1.807) is 6.20 Å². The lowest BCUT2D eigenvalue weighted by atomic mass is 9.96. The van der Waals surface area contributed by atoms with Crippen LogP contribution in [0.1, 0.15) is 24.2 Å². The minimum atomic E-state index is -4.48. The molecule has 0 bridgehead atoms. The fourth-order valence-electron chi connectivity index (χ4n) is 3.25. The molecule has 1 N–H and O–H groups in total. The van der Waals surface area contributed by atoms with Gasteiger partial charge in [0.1, 0.15) is 11.6 Å². The third kappa shape index (κ3) is 4.76. The Hall–Kier alpha value is -2.29. The lowest BCUT2D eigenvalue weighted by molar-refractivity contribution is -0.137. The van der Waals surface area contributed by atoms with Gasteiger partial charge in [-0.25, -0.2) is 9.97 Å². The molecule has 1 aliphatic rings. The number of hydrogen-bond acceptors (Lipinski definition) is 4. The standard InChI is InChI=1S/C18H21ClF3N5O/c1-26-9-6-23-15(26)2-5-24-17(28)12-3-7-27(8-4-12)16-14(19)10-13(11-25-16)18(20,21)22/h6,9-12H,2-5,7-8H2,1H3,(H,24,28). The number of piperidine rings is 1. The van der Waals surface area contributed by atoms with Crippen molar-refractivity contribution in [1.82, 2.24) is 19.9 Å². The normalized spacial score (nSPS) is 15.7. The highest BCUT2D eigenvalue weighted by Gasteiger charge is 2.33. The topological polar surface area (TPSA) is 63.1 Å². The van der Waals surface area contributed by atoms with Gasteiger partial charge < -0.3 is 14.8 Å². The molecule has 28 heavy (non-hydrogen) atoms. The first kappa shape index (κ1) is 20.4. The molecular weight excluding hydrogens is 395 g/mol. The second-order valence-corrected chi connectivity index (χ2v) is 7.19. The van der Waals surface area contributed by atoms with Crippen molar-refractivity contribution in [2.45, 2.75) is 25.4 Å². The predicted molar refractivity (Wildman–Crippen MR) is 99.1 cm³/mol. The summed E-state index contributed by atoms with van der Waals surface area (Å²) in [5.41, 5.74) is -0.872. The third-order valence-electron chi connectivity index (χ3n) is 4.88. The average Bonchev–Trinajstić information content (AvgIpc) is 3.06. The van der Waals surface area contributed by atoms with Gasteiger partial charge in [-0.2, -0.15) is 13.2 Å². The molecule has 152 valence electrons. The second kappa shape index (κ2) is 8.38. The number of anilines is 1. The van der Waals surface area contributed by atoms with Crippen LogP contribution in [-0.4, -0.2) is 40.1 Å². The molecule has 2 aromatic rings. The van der Waals surface area contributed by atoms with Crippen LogP contribution in [0.2, 0.25) is 5.02 Å². The second-order valence-electron chi connectivity index (χ2n) is 6.78. The van der Waals surface area contributed by atoms with Crippen molar-refractivity contribution in [2.75, 3.05) is 24.5 Å². The van der Waals surface area contributed by atoms with Crippen LogP contribution in [0.5, 0.6) is 0 Å². The summed E-state index contributed by atoms with van der Waals surface area (Å²) in [6.45, 7) is 1.53. The largest absolute Gasteiger partial charge is 0.417 e. The number of aromatic nitrogens is 3. The smallest absolute Gasteiger partial charge is 0.355 e. The lowest BCUT2D eigenvalue weighted by Gasteiger charge is -2.32. The molecule has 1 fully saturated rings. The van der Waals surface area contributed by atoms with Gasteiger partial charge in [0.05, 0.1) is 10.6 Å². The number of halogens is 4. The molecule has 0 aromatic carbocycles. The van der Waals surface area contributed by atoms with Crippen molar-refractivity contribution in [2.24, 2.45) is 13.0 Å². The Balaban J connectivity index is 1.50. The van der Waals surface area contributed by atoms with E-state index in [0.29, 0.717) is 44.7 Å². The quantitative estimate of drug-likeness (QED) is 0.815. The zero-order valence-corrected chi connectivity index (χ0v) is 16.1. The zero-order valence-electron chi connectivity index (χ0n) is 15.3. The molecule has 3 heterocycles. The van der Waals surface area contributed by atoms with Crippen LogP contribution in [0.15, 0.2) is 24.7 Å². The average molecular weight is 416 g/mol. The minimum Gasteiger partial charge on any atom is -0.355 e. The number of hydrogen-bond donors (Lipinski definition) is 1. The summed E-state index contributed by atoms with van der Waals surface area (Å²) >= 11 is 6.01. The van der Waals surface area contributed by atoms with E-state index >= 15 is 0 Å². The number of nitrogens with one attached hydrogen (secondary N) is 1. The Morgan fingerprint density at radius 2 is 2.04 bits per heavy atom. The van der Waals surface area contributed by atoms with Gasteiger partial charge in [-0.15, -0.1) is 0 Å². The van der Waals surface area contributed by atoms with E-state index in [1.807, 2.05) is 22.7 Å². The van der Waals surface area contributed by atoms with Gasteiger partial charge in [-0.3, -0.25) is 4.79 Å². The molecular formula is C18H21ClF3N5O. The van der Waals surface area contributed by atoms with E-state index in [1.165, 1.54) is 0 Å². The molecule has 6 nitrogen and oxygen atoms in total. The molecule has 1 saturated heterocycles. The van der Waals surface area contributed by atoms with Crippen molar-refractivity contribution in [1.29, 1.82) is 0 Å². The van der Waals surface area contributed by atoms with Gasteiger partial charge >= 0.3 is 6.18 Å². The Kier molecular flexibility index (Phi) is 6.12. The first-order chi connectivity index (χ1) is 13.3. The Bertz CT molecular complexity index is 831. The number of carbonyl (C=O) groups excluding carboxylic acids is 1. The Morgan fingerprint density at radius 3 is 2.61 bits per heavy atom. The molecule has 0 unspecified atom stereocenters. The summed E-state index contributed by atoms with van der Waals surface area (Å²) in [6, 6.07) is 0.889. The van der Waals surface area contributed by atoms with Crippen molar-refractivity contribution >= 4 is 23.3 Å². The maximum atomic E-state index is 12.7. The van der Waals surface area contributed by atoms with Gasteiger partial charge in [0.15, 0.2) is 0 Å². The number of amides is 1. The van der Waals surface area contributed by atoms with Crippen LogP contribution in [0, 0.1) is 5.92 Å². The molecule has 1 aliphatic heterocycles. The fourth-order valence-corrected chi connectivity index (χ4v) is 3.54. The number of aryl methyl sites for hydroxylation is 1. The van der Waals surface area contributed by atoms with Gasteiger partial charge in [0, 0.05) is 57.6 Å². The van der Waals surface area contributed by atoms with Crippen LogP contribution >= 0.6 is 11.6 Å². The molecule has 10 heteroatoms. The molecule has 1 amide bonds. The number of imidazole rings is 1. The van der Waals surface area contributed by atoms with Crippen LogP contribution in [0.25, 0.3) is 0 Å². The SMILES string of the molecule is Cn1ccnc1CCNC(=O)C1CCN(c2ncc(C(F)(F)F)cc2Cl)CC1. The van der Waals surface area contributed by atoms with Crippen LogP contribution in [-0.2, 0) is 24.4 Å². The van der Waals surface area contributed by atoms with E-state index < -0.39 is 11.7 Å². The van der Waals surface area contributed by atoms with Crippen molar-refractivity contribution in [3.8, 4) is 0 Å². The van der Waals surface area contributed by atoms with E-state index in [-0.39, 0.29) is 16.8 Å². The van der Waals surface area contributed by atoms with E-state index in [9.17, 15) is 18.0 Å². The van der Waals surface area contributed by atoms with Crippen molar-refractivity contribution in [3.63, 3.8) is 0 Å². The number of alkyl halides is 3. The molecule has 0 saturated carbocycles. The van der Waals surface area contributed by atoms with Crippen LogP contribution in [0.4, 0.5) is 19.0 Å². The van der Waals surface area contributed by atoms with E-state index in [4.69, 9.17) is 11.6 Å². The van der Waals surface area contributed by atoms with Crippen LogP contribution in [0.3, 0.4) is 0 Å². The van der Waals surface area contributed by atoms with Gasteiger partial charge in [0.2, 0.25) is 5.91 Å². The summed E-state index contributed by atoms with van der Waals surface area (Å²) < 4.78 is 40.1. The third-order valence-corrected chi connectivity index (χ3v) is 5.16. The van der Waals surface area contributed by atoms with Gasteiger partial charge in [0.25, 0.3) is 0 Å². The molecule has 3 rings (SSSR count). The number of pyridine rings is 1. The summed E-state index contributed by atoms with van der Waals surface area (Å²) in [6.07, 6.45) is 1.72.